The van der Waals surface area contributed by atoms with Gasteiger partial charge in [-0.2, -0.15) is 0 Å². The number of hydrogen-bond donors (Lipinski definition) is 1. The Kier molecular flexibility index (Phi) is 6.16. The molecule has 0 heterocycles. The Balaban J connectivity index is 2.54. The summed E-state index contributed by atoms with van der Waals surface area (Å²) < 4.78 is 5.55. The molecule has 1 rings (SSSR count). The molecule has 0 radical (unpaired) electrons. The highest BCUT2D eigenvalue weighted by atomic mass is 16.5. The first-order chi connectivity index (χ1) is 8.52. The zero-order chi connectivity index (χ0) is 13.5. The highest BCUT2D eigenvalue weighted by Gasteiger charge is 2.04. The van der Waals surface area contributed by atoms with Gasteiger partial charge in [0.25, 0.3) is 0 Å². The Labute approximate surface area is 111 Å². The predicted octanol–water partition coefficient (Wildman–Crippen LogP) is 2.56. The molecular formula is C15H26N2O. The van der Waals surface area contributed by atoms with Gasteiger partial charge in [-0.3, -0.25) is 0 Å². The number of nitrogens with two attached hydrogens (primary N) is 1. The fraction of sp³-hybridized carbons (Fsp3) is 0.600. The van der Waals surface area contributed by atoms with E-state index in [0.29, 0.717) is 6.61 Å². The third-order valence-corrected chi connectivity index (χ3v) is 2.96. The Morgan fingerprint density at radius 2 is 2.11 bits per heavy atom. The molecule has 102 valence electrons. The highest BCUT2D eigenvalue weighted by Crippen LogP contribution is 2.19. The van der Waals surface area contributed by atoms with Crippen molar-refractivity contribution in [1.29, 1.82) is 0 Å². The zero-order valence-corrected chi connectivity index (χ0v) is 12.1. The minimum atomic E-state index is 0.273. The summed E-state index contributed by atoms with van der Waals surface area (Å²) in [5, 5.41) is 0. The molecule has 0 bridgehead atoms. The summed E-state index contributed by atoms with van der Waals surface area (Å²) in [7, 11) is 2.13. The second-order valence-corrected chi connectivity index (χ2v) is 5.04. The van der Waals surface area contributed by atoms with E-state index in [1.54, 1.807) is 0 Å². The molecule has 0 spiro atoms. The molecule has 0 aromatic heterocycles. The fourth-order valence-corrected chi connectivity index (χ4v) is 1.94. The van der Waals surface area contributed by atoms with Crippen LogP contribution in [0.2, 0.25) is 0 Å². The summed E-state index contributed by atoms with van der Waals surface area (Å²) in [5.74, 6) is 0.986. The summed E-state index contributed by atoms with van der Waals surface area (Å²) in [6.45, 7) is 8.86. The topological polar surface area (TPSA) is 38.5 Å². The van der Waals surface area contributed by atoms with Crippen molar-refractivity contribution in [2.45, 2.75) is 39.8 Å². The summed E-state index contributed by atoms with van der Waals surface area (Å²) in [5.41, 5.74) is 8.29. The lowest BCUT2D eigenvalue weighted by molar-refractivity contribution is 0.312. The minimum Gasteiger partial charge on any atom is -0.494 e. The van der Waals surface area contributed by atoms with Crippen LogP contribution in [0.3, 0.4) is 0 Å². The predicted molar refractivity (Wildman–Crippen MR) is 76.9 cm³/mol. The van der Waals surface area contributed by atoms with Crippen LogP contribution in [0.25, 0.3) is 0 Å². The second kappa shape index (κ2) is 7.39. The van der Waals surface area contributed by atoms with Gasteiger partial charge in [0.1, 0.15) is 5.75 Å². The lowest BCUT2D eigenvalue weighted by Gasteiger charge is -2.18. The van der Waals surface area contributed by atoms with E-state index >= 15 is 0 Å². The largest absolute Gasteiger partial charge is 0.494 e. The van der Waals surface area contributed by atoms with Crippen molar-refractivity contribution in [3.63, 3.8) is 0 Å². The van der Waals surface area contributed by atoms with Crippen LogP contribution in [0, 0.1) is 6.92 Å². The number of aryl methyl sites for hydroxylation is 1. The first kappa shape index (κ1) is 15.0. The molecule has 1 aromatic carbocycles. The molecule has 1 atom stereocenters. The van der Waals surface area contributed by atoms with E-state index in [0.717, 1.165) is 25.3 Å². The number of ether oxygens (including phenoxy) is 1. The average Bonchev–Trinajstić information content (AvgIpc) is 2.30. The second-order valence-electron chi connectivity index (χ2n) is 5.04. The maximum absolute atomic E-state index is 5.77. The van der Waals surface area contributed by atoms with E-state index in [1.165, 1.54) is 11.1 Å². The van der Waals surface area contributed by atoms with E-state index in [4.69, 9.17) is 10.5 Å². The van der Waals surface area contributed by atoms with Gasteiger partial charge in [0, 0.05) is 12.6 Å². The molecule has 3 nitrogen and oxygen atoms in total. The summed E-state index contributed by atoms with van der Waals surface area (Å²) in [4.78, 5) is 2.30. The molecule has 0 saturated heterocycles. The van der Waals surface area contributed by atoms with Crippen LogP contribution in [-0.2, 0) is 6.54 Å². The molecule has 3 heteroatoms. The van der Waals surface area contributed by atoms with Crippen molar-refractivity contribution < 1.29 is 4.74 Å². The van der Waals surface area contributed by atoms with E-state index in [-0.39, 0.29) is 6.04 Å². The van der Waals surface area contributed by atoms with Crippen LogP contribution < -0.4 is 10.5 Å². The quantitative estimate of drug-likeness (QED) is 0.808. The molecule has 0 saturated carbocycles. The maximum atomic E-state index is 5.77. The smallest absolute Gasteiger partial charge is 0.122 e. The van der Waals surface area contributed by atoms with E-state index in [9.17, 15) is 0 Å². The lowest BCUT2D eigenvalue weighted by atomic mass is 10.1. The molecule has 0 aliphatic carbocycles. The van der Waals surface area contributed by atoms with Crippen molar-refractivity contribution in [1.82, 2.24) is 4.90 Å². The van der Waals surface area contributed by atoms with Gasteiger partial charge in [-0.1, -0.05) is 12.1 Å². The molecular weight excluding hydrogens is 224 g/mol. The molecule has 2 N–H and O–H groups in total. The number of nitrogens with zero attached hydrogens (tertiary/aromatic N) is 1. The van der Waals surface area contributed by atoms with Crippen molar-refractivity contribution in [2.75, 3.05) is 20.2 Å². The Morgan fingerprint density at radius 1 is 1.39 bits per heavy atom. The zero-order valence-electron chi connectivity index (χ0n) is 12.1. The van der Waals surface area contributed by atoms with Gasteiger partial charge in [-0.05, 0) is 58.0 Å². The summed E-state index contributed by atoms with van der Waals surface area (Å²) >= 11 is 0. The molecule has 0 amide bonds. The molecule has 1 unspecified atom stereocenters. The summed E-state index contributed by atoms with van der Waals surface area (Å²) in [6.07, 6.45) is 1.03. The number of hydrogen-bond acceptors (Lipinski definition) is 3. The first-order valence-corrected chi connectivity index (χ1v) is 6.69. The van der Waals surface area contributed by atoms with Gasteiger partial charge >= 0.3 is 0 Å². The van der Waals surface area contributed by atoms with E-state index in [2.05, 4.69) is 44.0 Å². The Morgan fingerprint density at radius 3 is 2.67 bits per heavy atom. The van der Waals surface area contributed by atoms with Crippen molar-refractivity contribution in [3.8, 4) is 5.75 Å². The van der Waals surface area contributed by atoms with Crippen LogP contribution in [0.15, 0.2) is 18.2 Å². The van der Waals surface area contributed by atoms with Crippen LogP contribution in [0.1, 0.15) is 31.4 Å². The SMILES string of the molecule is CCOc1ccc(CN(C)CCC(C)N)cc1C. The molecule has 18 heavy (non-hydrogen) atoms. The Bertz CT molecular complexity index is 364. The molecule has 0 fully saturated rings. The fourth-order valence-electron chi connectivity index (χ4n) is 1.94. The lowest BCUT2D eigenvalue weighted by Crippen LogP contribution is -2.25. The van der Waals surface area contributed by atoms with Gasteiger partial charge in [0.05, 0.1) is 6.61 Å². The normalized spacial score (nSPS) is 12.8. The highest BCUT2D eigenvalue weighted by molar-refractivity contribution is 5.36. The van der Waals surface area contributed by atoms with Gasteiger partial charge < -0.3 is 15.4 Å². The number of benzene rings is 1. The molecule has 0 aliphatic heterocycles. The third kappa shape index (κ3) is 5.07. The summed E-state index contributed by atoms with van der Waals surface area (Å²) in [6, 6.07) is 6.68. The van der Waals surface area contributed by atoms with Crippen molar-refractivity contribution in [3.05, 3.63) is 29.3 Å². The maximum Gasteiger partial charge on any atom is 0.122 e. The van der Waals surface area contributed by atoms with E-state index < -0.39 is 0 Å². The monoisotopic (exact) mass is 250 g/mol. The van der Waals surface area contributed by atoms with Crippen molar-refractivity contribution >= 4 is 0 Å². The van der Waals surface area contributed by atoms with Gasteiger partial charge in [0.15, 0.2) is 0 Å². The van der Waals surface area contributed by atoms with Crippen molar-refractivity contribution in [2.24, 2.45) is 5.73 Å². The van der Waals surface area contributed by atoms with Crippen LogP contribution in [0.5, 0.6) is 5.75 Å². The van der Waals surface area contributed by atoms with Gasteiger partial charge in [0.2, 0.25) is 0 Å². The van der Waals surface area contributed by atoms with Gasteiger partial charge in [-0.25, -0.2) is 0 Å². The van der Waals surface area contributed by atoms with Crippen LogP contribution in [-0.4, -0.2) is 31.1 Å². The molecule has 1 aromatic rings. The standard InChI is InChI=1S/C15H26N2O/c1-5-18-15-7-6-14(10-12(15)2)11-17(4)9-8-13(3)16/h6-7,10,13H,5,8-9,11,16H2,1-4H3. The first-order valence-electron chi connectivity index (χ1n) is 6.69. The van der Waals surface area contributed by atoms with E-state index in [1.807, 2.05) is 6.92 Å². The van der Waals surface area contributed by atoms with Gasteiger partial charge in [-0.15, -0.1) is 0 Å². The average molecular weight is 250 g/mol. The van der Waals surface area contributed by atoms with Crippen LogP contribution >= 0.6 is 0 Å². The third-order valence-electron chi connectivity index (χ3n) is 2.96. The van der Waals surface area contributed by atoms with Crippen LogP contribution in [0.4, 0.5) is 0 Å². The minimum absolute atomic E-state index is 0.273. The molecule has 0 aliphatic rings. The Hall–Kier alpha value is -1.06. The number of rotatable bonds is 7.